The molecule has 1 aliphatic rings. The second-order valence-electron chi connectivity index (χ2n) is 7.53. The Morgan fingerprint density at radius 2 is 1.93 bits per heavy atom. The van der Waals surface area contributed by atoms with Gasteiger partial charge in [0.15, 0.2) is 0 Å². The van der Waals surface area contributed by atoms with Crippen LogP contribution >= 0.6 is 0 Å². The van der Waals surface area contributed by atoms with Crippen LogP contribution in [-0.2, 0) is 9.53 Å². The molecule has 0 radical (unpaired) electrons. The quantitative estimate of drug-likeness (QED) is 0.649. The molecule has 0 aliphatic carbocycles. The number of hydrogen-bond acceptors (Lipinski definition) is 4. The molecule has 1 fully saturated rings. The zero-order valence-electron chi connectivity index (χ0n) is 16.8. The number of nitrogens with one attached hydrogen (secondary N) is 2. The molecule has 0 spiro atoms. The summed E-state index contributed by atoms with van der Waals surface area (Å²) < 4.78 is 5.04. The molecule has 1 aromatic carbocycles. The molecule has 0 atom stereocenters. The molecule has 0 bridgehead atoms. The maximum absolute atomic E-state index is 12.8. The number of amides is 2. The van der Waals surface area contributed by atoms with Gasteiger partial charge in [-0.1, -0.05) is 13.8 Å². The Bertz CT molecular complexity index is 625. The lowest BCUT2D eigenvalue weighted by Gasteiger charge is -2.30. The first-order chi connectivity index (χ1) is 13.0. The Labute approximate surface area is 162 Å². The Balaban J connectivity index is 2.17. The first-order valence-corrected chi connectivity index (χ1v) is 9.97. The van der Waals surface area contributed by atoms with Gasteiger partial charge in [-0.3, -0.25) is 9.59 Å². The lowest BCUT2D eigenvalue weighted by atomic mass is 10.1. The molecular formula is C21H33N3O3. The van der Waals surface area contributed by atoms with Gasteiger partial charge in [0.2, 0.25) is 5.91 Å². The van der Waals surface area contributed by atoms with Crippen LogP contribution in [-0.4, -0.2) is 45.2 Å². The van der Waals surface area contributed by atoms with Crippen LogP contribution in [0.2, 0.25) is 0 Å². The van der Waals surface area contributed by atoms with Gasteiger partial charge in [-0.05, 0) is 49.8 Å². The standard InChI is InChI=1S/C21H33N3O3/c1-16(2)14-20(25)23-17-8-9-19(24-11-5-4-6-12-24)18(15-17)21(26)22-10-7-13-27-3/h8-9,15-16H,4-7,10-14H2,1-3H3,(H,22,26)(H,23,25). The van der Waals surface area contributed by atoms with Gasteiger partial charge in [0.05, 0.1) is 5.56 Å². The number of anilines is 2. The third-order valence-corrected chi connectivity index (χ3v) is 4.63. The molecule has 2 rings (SSSR count). The molecule has 2 amide bonds. The predicted molar refractivity (Wildman–Crippen MR) is 109 cm³/mol. The molecule has 0 saturated carbocycles. The number of ether oxygens (including phenoxy) is 1. The van der Waals surface area contributed by atoms with Crippen LogP contribution in [0.4, 0.5) is 11.4 Å². The van der Waals surface area contributed by atoms with E-state index in [1.54, 1.807) is 13.2 Å². The smallest absolute Gasteiger partial charge is 0.253 e. The van der Waals surface area contributed by atoms with E-state index < -0.39 is 0 Å². The SMILES string of the molecule is COCCCNC(=O)c1cc(NC(=O)CC(C)C)ccc1N1CCCCC1. The van der Waals surface area contributed by atoms with E-state index in [2.05, 4.69) is 15.5 Å². The van der Waals surface area contributed by atoms with Crippen molar-refractivity contribution in [3.63, 3.8) is 0 Å². The minimum atomic E-state index is -0.105. The number of methoxy groups -OCH3 is 1. The fourth-order valence-electron chi connectivity index (χ4n) is 3.30. The van der Waals surface area contributed by atoms with Crippen molar-refractivity contribution in [2.75, 3.05) is 43.6 Å². The van der Waals surface area contributed by atoms with Crippen molar-refractivity contribution in [2.45, 2.75) is 46.0 Å². The minimum absolute atomic E-state index is 0.0258. The Morgan fingerprint density at radius 3 is 2.59 bits per heavy atom. The molecule has 1 aliphatic heterocycles. The molecule has 0 unspecified atom stereocenters. The van der Waals surface area contributed by atoms with Gasteiger partial charge in [0, 0.05) is 51.1 Å². The van der Waals surface area contributed by atoms with Gasteiger partial charge in [-0.25, -0.2) is 0 Å². The van der Waals surface area contributed by atoms with E-state index in [4.69, 9.17) is 4.74 Å². The van der Waals surface area contributed by atoms with Gasteiger partial charge in [-0.2, -0.15) is 0 Å². The molecule has 1 saturated heterocycles. The summed E-state index contributed by atoms with van der Waals surface area (Å²) in [6.07, 6.45) is 4.75. The highest BCUT2D eigenvalue weighted by atomic mass is 16.5. The predicted octanol–water partition coefficient (Wildman–Crippen LogP) is 3.43. The van der Waals surface area contributed by atoms with Gasteiger partial charge in [-0.15, -0.1) is 0 Å². The summed E-state index contributed by atoms with van der Waals surface area (Å²) in [7, 11) is 1.65. The van der Waals surface area contributed by atoms with Gasteiger partial charge in [0.25, 0.3) is 5.91 Å². The number of piperidine rings is 1. The third kappa shape index (κ3) is 6.86. The largest absolute Gasteiger partial charge is 0.385 e. The second-order valence-corrected chi connectivity index (χ2v) is 7.53. The minimum Gasteiger partial charge on any atom is -0.385 e. The summed E-state index contributed by atoms with van der Waals surface area (Å²) in [5.74, 6) is 0.162. The zero-order chi connectivity index (χ0) is 19.6. The van der Waals surface area contributed by atoms with Gasteiger partial charge < -0.3 is 20.3 Å². The summed E-state index contributed by atoms with van der Waals surface area (Å²) in [5, 5.41) is 5.89. The number of nitrogens with zero attached hydrogens (tertiary/aromatic N) is 1. The van der Waals surface area contributed by atoms with E-state index in [-0.39, 0.29) is 11.8 Å². The van der Waals surface area contributed by atoms with Crippen molar-refractivity contribution < 1.29 is 14.3 Å². The molecule has 0 aromatic heterocycles. The zero-order valence-corrected chi connectivity index (χ0v) is 16.8. The number of benzene rings is 1. The Kier molecular flexibility index (Phi) is 8.58. The summed E-state index contributed by atoms with van der Waals surface area (Å²) in [5.41, 5.74) is 2.24. The molecule has 1 heterocycles. The van der Waals surface area contributed by atoms with Gasteiger partial charge in [0.1, 0.15) is 0 Å². The van der Waals surface area contributed by atoms with E-state index in [0.29, 0.717) is 36.7 Å². The molecule has 2 N–H and O–H groups in total. The summed E-state index contributed by atoms with van der Waals surface area (Å²) in [6.45, 7) is 7.13. The normalized spacial score (nSPS) is 14.3. The topological polar surface area (TPSA) is 70.7 Å². The summed E-state index contributed by atoms with van der Waals surface area (Å²) in [6, 6.07) is 5.65. The first kappa shape index (κ1) is 21.2. The van der Waals surface area contributed by atoms with Gasteiger partial charge >= 0.3 is 0 Å². The number of hydrogen-bond donors (Lipinski definition) is 2. The van der Waals surface area contributed by atoms with Crippen LogP contribution in [0.3, 0.4) is 0 Å². The monoisotopic (exact) mass is 375 g/mol. The first-order valence-electron chi connectivity index (χ1n) is 9.97. The second kappa shape index (κ2) is 10.9. The van der Waals surface area contributed by atoms with E-state index in [1.807, 2.05) is 26.0 Å². The highest BCUT2D eigenvalue weighted by Gasteiger charge is 2.19. The highest BCUT2D eigenvalue weighted by Crippen LogP contribution is 2.27. The maximum Gasteiger partial charge on any atom is 0.253 e. The molecule has 27 heavy (non-hydrogen) atoms. The molecule has 150 valence electrons. The fourth-order valence-corrected chi connectivity index (χ4v) is 3.30. The van der Waals surface area contributed by atoms with Crippen molar-refractivity contribution in [1.82, 2.24) is 5.32 Å². The lowest BCUT2D eigenvalue weighted by molar-refractivity contribution is -0.116. The van der Waals surface area contributed by atoms with Crippen LogP contribution < -0.4 is 15.5 Å². The number of carbonyl (C=O) groups is 2. The lowest BCUT2D eigenvalue weighted by Crippen LogP contribution is -2.33. The summed E-state index contributed by atoms with van der Waals surface area (Å²) >= 11 is 0. The van der Waals surface area contributed by atoms with Crippen LogP contribution in [0.15, 0.2) is 18.2 Å². The van der Waals surface area contributed by atoms with E-state index in [0.717, 1.165) is 38.0 Å². The van der Waals surface area contributed by atoms with Crippen molar-refractivity contribution in [2.24, 2.45) is 5.92 Å². The Morgan fingerprint density at radius 1 is 1.19 bits per heavy atom. The van der Waals surface area contributed by atoms with Crippen molar-refractivity contribution in [3.05, 3.63) is 23.8 Å². The number of carbonyl (C=O) groups excluding carboxylic acids is 2. The maximum atomic E-state index is 12.8. The average Bonchev–Trinajstić information content (AvgIpc) is 2.65. The van der Waals surface area contributed by atoms with E-state index >= 15 is 0 Å². The van der Waals surface area contributed by atoms with Crippen molar-refractivity contribution in [1.29, 1.82) is 0 Å². The van der Waals surface area contributed by atoms with Crippen LogP contribution in [0.25, 0.3) is 0 Å². The molecule has 1 aromatic rings. The third-order valence-electron chi connectivity index (χ3n) is 4.63. The van der Waals surface area contributed by atoms with Crippen molar-refractivity contribution in [3.8, 4) is 0 Å². The molecule has 6 nitrogen and oxygen atoms in total. The highest BCUT2D eigenvalue weighted by molar-refractivity contribution is 6.02. The fraction of sp³-hybridized carbons (Fsp3) is 0.619. The van der Waals surface area contributed by atoms with E-state index in [1.165, 1.54) is 6.42 Å². The van der Waals surface area contributed by atoms with Crippen molar-refractivity contribution >= 4 is 23.2 Å². The van der Waals surface area contributed by atoms with Crippen LogP contribution in [0.5, 0.6) is 0 Å². The summed E-state index contributed by atoms with van der Waals surface area (Å²) in [4.78, 5) is 27.2. The molecular weight excluding hydrogens is 342 g/mol. The average molecular weight is 376 g/mol. The Hall–Kier alpha value is -2.08. The van der Waals surface area contributed by atoms with Crippen LogP contribution in [0, 0.1) is 5.92 Å². The molecule has 6 heteroatoms. The van der Waals surface area contributed by atoms with E-state index in [9.17, 15) is 9.59 Å². The number of rotatable bonds is 9. The van der Waals surface area contributed by atoms with Crippen LogP contribution in [0.1, 0.15) is 56.3 Å².